The molecular formula is C13H12F3NO5. The maximum absolute atomic E-state index is 12.2. The molecule has 1 atom stereocenters. The zero-order valence-electron chi connectivity index (χ0n) is 11.3. The molecule has 1 aromatic rings. The third kappa shape index (κ3) is 5.43. The number of esters is 2. The van der Waals surface area contributed by atoms with E-state index in [1.165, 1.54) is 17.4 Å². The van der Waals surface area contributed by atoms with Gasteiger partial charge in [0.05, 0.1) is 13.5 Å². The maximum Gasteiger partial charge on any atom is 0.471 e. The molecule has 0 aliphatic carbocycles. The number of nitrogens with one attached hydrogen (secondary N) is 1. The van der Waals surface area contributed by atoms with Crippen LogP contribution in [0.1, 0.15) is 6.42 Å². The van der Waals surface area contributed by atoms with E-state index in [1.54, 1.807) is 18.2 Å². The van der Waals surface area contributed by atoms with Crippen molar-refractivity contribution in [1.82, 2.24) is 5.32 Å². The number of methoxy groups -OCH3 is 1. The number of carbonyl (C=O) groups excluding carboxylic acids is 3. The van der Waals surface area contributed by atoms with E-state index in [-0.39, 0.29) is 5.75 Å². The van der Waals surface area contributed by atoms with Crippen LogP contribution in [0.15, 0.2) is 30.3 Å². The number of alkyl halides is 3. The minimum atomic E-state index is -5.18. The topological polar surface area (TPSA) is 81.7 Å². The van der Waals surface area contributed by atoms with E-state index in [9.17, 15) is 27.6 Å². The van der Waals surface area contributed by atoms with Crippen molar-refractivity contribution in [3.05, 3.63) is 30.3 Å². The standard InChI is InChI=1S/C13H12F3NO5/c1-21-11(19)9(17-12(20)13(14,15)16)7-10(18)22-8-5-3-2-4-6-8/h2-6,9H,7H2,1H3,(H,17,20)/t9-/m0/s1. The fourth-order valence-corrected chi connectivity index (χ4v) is 1.40. The largest absolute Gasteiger partial charge is 0.471 e. The summed E-state index contributed by atoms with van der Waals surface area (Å²) in [5, 5.41) is 1.39. The molecule has 1 rings (SSSR count). The number of benzene rings is 1. The van der Waals surface area contributed by atoms with Gasteiger partial charge in [-0.1, -0.05) is 18.2 Å². The predicted octanol–water partition coefficient (Wildman–Crippen LogP) is 1.20. The molecule has 0 aliphatic rings. The third-order valence-electron chi connectivity index (χ3n) is 2.39. The van der Waals surface area contributed by atoms with E-state index < -0.39 is 36.5 Å². The summed E-state index contributed by atoms with van der Waals surface area (Å²) < 4.78 is 45.6. The Bertz CT molecular complexity index is 544. The molecule has 0 heterocycles. The van der Waals surface area contributed by atoms with Gasteiger partial charge in [-0.15, -0.1) is 0 Å². The number of para-hydroxylation sites is 1. The first kappa shape index (κ1) is 17.5. The Morgan fingerprint density at radius 2 is 1.77 bits per heavy atom. The summed E-state index contributed by atoms with van der Waals surface area (Å²) in [6.45, 7) is 0. The van der Waals surface area contributed by atoms with Crippen LogP contribution in [0.3, 0.4) is 0 Å². The fraction of sp³-hybridized carbons (Fsp3) is 0.308. The highest BCUT2D eigenvalue weighted by molar-refractivity contribution is 5.90. The van der Waals surface area contributed by atoms with Gasteiger partial charge < -0.3 is 14.8 Å². The summed E-state index contributed by atoms with van der Waals surface area (Å²) in [6, 6.07) is 5.91. The van der Waals surface area contributed by atoms with E-state index in [2.05, 4.69) is 4.74 Å². The second-order valence-corrected chi connectivity index (χ2v) is 4.04. The highest BCUT2D eigenvalue weighted by Gasteiger charge is 2.41. The molecule has 0 radical (unpaired) electrons. The van der Waals surface area contributed by atoms with Crippen molar-refractivity contribution in [2.75, 3.05) is 7.11 Å². The van der Waals surface area contributed by atoms with Crippen LogP contribution in [-0.4, -0.2) is 37.2 Å². The van der Waals surface area contributed by atoms with Gasteiger partial charge in [0.1, 0.15) is 11.8 Å². The molecule has 0 aromatic heterocycles. The van der Waals surface area contributed by atoms with Crippen LogP contribution in [0.5, 0.6) is 5.75 Å². The lowest BCUT2D eigenvalue weighted by atomic mass is 10.2. The van der Waals surface area contributed by atoms with Gasteiger partial charge >= 0.3 is 24.0 Å². The summed E-state index contributed by atoms with van der Waals surface area (Å²) in [7, 11) is 0.914. The van der Waals surface area contributed by atoms with Crippen LogP contribution in [0.25, 0.3) is 0 Å². The van der Waals surface area contributed by atoms with Gasteiger partial charge in [-0.3, -0.25) is 9.59 Å². The van der Waals surface area contributed by atoms with E-state index in [0.717, 1.165) is 7.11 Å². The van der Waals surface area contributed by atoms with Crippen LogP contribution < -0.4 is 10.1 Å². The second-order valence-electron chi connectivity index (χ2n) is 4.04. The van der Waals surface area contributed by atoms with Crippen molar-refractivity contribution in [2.24, 2.45) is 0 Å². The Labute approximate surface area is 123 Å². The van der Waals surface area contributed by atoms with Gasteiger partial charge in [-0.05, 0) is 12.1 Å². The van der Waals surface area contributed by atoms with Crippen molar-refractivity contribution in [3.63, 3.8) is 0 Å². The van der Waals surface area contributed by atoms with Gasteiger partial charge in [0, 0.05) is 0 Å². The first-order chi connectivity index (χ1) is 10.2. The lowest BCUT2D eigenvalue weighted by molar-refractivity contribution is -0.176. The lowest BCUT2D eigenvalue weighted by Crippen LogP contribution is -2.48. The van der Waals surface area contributed by atoms with Crippen molar-refractivity contribution in [3.8, 4) is 5.75 Å². The summed E-state index contributed by atoms with van der Waals surface area (Å²) in [5.41, 5.74) is 0. The van der Waals surface area contributed by atoms with Crippen molar-refractivity contribution in [2.45, 2.75) is 18.6 Å². The Kier molecular flexibility index (Phi) is 5.90. The molecule has 0 aliphatic heterocycles. The average Bonchev–Trinajstić information content (AvgIpc) is 2.45. The highest BCUT2D eigenvalue weighted by atomic mass is 19.4. The molecule has 1 aromatic carbocycles. The van der Waals surface area contributed by atoms with Crippen molar-refractivity contribution >= 4 is 17.8 Å². The molecule has 0 saturated carbocycles. The SMILES string of the molecule is COC(=O)[C@H](CC(=O)Oc1ccccc1)NC(=O)C(F)(F)F. The molecule has 1 N–H and O–H groups in total. The van der Waals surface area contributed by atoms with Crippen LogP contribution in [-0.2, 0) is 19.1 Å². The molecule has 120 valence electrons. The Morgan fingerprint density at radius 3 is 2.27 bits per heavy atom. The molecule has 0 unspecified atom stereocenters. The van der Waals surface area contributed by atoms with Gasteiger partial charge in [0.2, 0.25) is 0 Å². The second kappa shape index (κ2) is 7.43. The van der Waals surface area contributed by atoms with E-state index in [4.69, 9.17) is 4.74 Å². The number of ether oxygens (including phenoxy) is 2. The monoisotopic (exact) mass is 319 g/mol. The van der Waals surface area contributed by atoms with Crippen molar-refractivity contribution < 1.29 is 37.0 Å². The summed E-state index contributed by atoms with van der Waals surface area (Å²) in [6.07, 6.45) is -5.99. The van der Waals surface area contributed by atoms with Crippen LogP contribution >= 0.6 is 0 Å². The summed E-state index contributed by atoms with van der Waals surface area (Å²) in [5.74, 6) is -4.39. The Hall–Kier alpha value is -2.58. The summed E-state index contributed by atoms with van der Waals surface area (Å²) in [4.78, 5) is 33.8. The number of halogens is 3. The zero-order chi connectivity index (χ0) is 16.8. The first-order valence-corrected chi connectivity index (χ1v) is 5.95. The number of amides is 1. The number of rotatable bonds is 5. The molecule has 0 bridgehead atoms. The Morgan fingerprint density at radius 1 is 1.18 bits per heavy atom. The normalized spacial score (nSPS) is 12.2. The average molecular weight is 319 g/mol. The van der Waals surface area contributed by atoms with Gasteiger partial charge in [-0.2, -0.15) is 13.2 Å². The van der Waals surface area contributed by atoms with E-state index >= 15 is 0 Å². The first-order valence-electron chi connectivity index (χ1n) is 5.95. The van der Waals surface area contributed by atoms with Crippen molar-refractivity contribution in [1.29, 1.82) is 0 Å². The maximum atomic E-state index is 12.2. The lowest BCUT2D eigenvalue weighted by Gasteiger charge is -2.16. The minimum Gasteiger partial charge on any atom is -0.467 e. The third-order valence-corrected chi connectivity index (χ3v) is 2.39. The number of hydrogen-bond acceptors (Lipinski definition) is 5. The predicted molar refractivity (Wildman–Crippen MR) is 66.7 cm³/mol. The quantitative estimate of drug-likeness (QED) is 0.651. The molecule has 0 saturated heterocycles. The fourth-order valence-electron chi connectivity index (χ4n) is 1.40. The summed E-state index contributed by atoms with van der Waals surface area (Å²) >= 11 is 0. The number of hydrogen-bond donors (Lipinski definition) is 1. The van der Waals surface area contributed by atoms with Crippen LogP contribution in [0, 0.1) is 0 Å². The number of carbonyl (C=O) groups is 3. The minimum absolute atomic E-state index is 0.151. The molecular weight excluding hydrogens is 307 g/mol. The zero-order valence-corrected chi connectivity index (χ0v) is 11.3. The van der Waals surface area contributed by atoms with Gasteiger partial charge in [0.25, 0.3) is 0 Å². The highest BCUT2D eigenvalue weighted by Crippen LogP contribution is 2.15. The smallest absolute Gasteiger partial charge is 0.467 e. The van der Waals surface area contributed by atoms with Crippen LogP contribution in [0.4, 0.5) is 13.2 Å². The Balaban J connectivity index is 2.71. The molecule has 9 heteroatoms. The molecule has 0 spiro atoms. The molecule has 1 amide bonds. The van der Waals surface area contributed by atoms with E-state index in [1.807, 2.05) is 0 Å². The van der Waals surface area contributed by atoms with Crippen LogP contribution in [0.2, 0.25) is 0 Å². The van der Waals surface area contributed by atoms with Gasteiger partial charge in [-0.25, -0.2) is 4.79 Å². The molecule has 22 heavy (non-hydrogen) atoms. The van der Waals surface area contributed by atoms with E-state index in [0.29, 0.717) is 0 Å². The van der Waals surface area contributed by atoms with Gasteiger partial charge in [0.15, 0.2) is 0 Å². The molecule has 0 fully saturated rings. The molecule has 6 nitrogen and oxygen atoms in total.